The van der Waals surface area contributed by atoms with E-state index in [1.165, 1.54) is 0 Å². The largest absolute Gasteiger partial charge is 0.278 e. The molecular weight excluding hydrogens is 715 g/mol. The summed E-state index contributed by atoms with van der Waals surface area (Å²) in [5.74, 6) is -1.10. The van der Waals surface area contributed by atoms with Crippen LogP contribution in [0, 0.1) is 0 Å². The molecule has 1 aliphatic rings. The van der Waals surface area contributed by atoms with Gasteiger partial charge in [-0.05, 0) is 57.0 Å². The third kappa shape index (κ3) is 4.50. The van der Waals surface area contributed by atoms with Gasteiger partial charge < -0.3 is 0 Å². The smallest absolute Gasteiger partial charge is 0.240 e. The maximum Gasteiger partial charge on any atom is 0.240 e. The van der Waals surface area contributed by atoms with Gasteiger partial charge in [-0.1, -0.05) is 139 Å². The summed E-state index contributed by atoms with van der Waals surface area (Å²) in [6, 6.07) is 14.5. The van der Waals surface area contributed by atoms with E-state index in [1.807, 2.05) is 54.6 Å². The maximum atomic E-state index is 9.28. The number of fused-ring (bicyclic) bond motifs is 9. The lowest BCUT2D eigenvalue weighted by Gasteiger charge is -2.30. The van der Waals surface area contributed by atoms with Gasteiger partial charge in [-0.2, -0.15) is 15.0 Å². The van der Waals surface area contributed by atoms with E-state index in [4.69, 9.17) is 41.4 Å². The van der Waals surface area contributed by atoms with Crippen molar-refractivity contribution in [2.45, 2.75) is 0 Å². The molecular formula is C49H31N7Si. The van der Waals surface area contributed by atoms with E-state index in [-0.39, 0.29) is 49.4 Å². The van der Waals surface area contributed by atoms with Gasteiger partial charge in [0.25, 0.3) is 0 Å². The highest BCUT2D eigenvalue weighted by Gasteiger charge is 2.50. The monoisotopic (exact) mass is 761 g/mol. The van der Waals surface area contributed by atoms with Gasteiger partial charge >= 0.3 is 0 Å². The molecule has 0 unspecified atom stereocenters. The van der Waals surface area contributed by atoms with Crippen molar-refractivity contribution in [3.63, 3.8) is 0 Å². The van der Waals surface area contributed by atoms with Gasteiger partial charge in [0.15, 0.2) is 13.9 Å². The quantitative estimate of drug-likeness (QED) is 0.167. The Labute approximate surface area is 350 Å². The Morgan fingerprint density at radius 3 is 1.39 bits per heavy atom. The molecule has 0 amide bonds. The topological polar surface area (TPSA) is 74.3 Å². The van der Waals surface area contributed by atoms with Crippen LogP contribution in [0.3, 0.4) is 0 Å². The van der Waals surface area contributed by atoms with Crippen LogP contribution in [0.4, 0.5) is 0 Å². The Kier molecular flexibility index (Phi) is 4.26. The van der Waals surface area contributed by atoms with Crippen molar-refractivity contribution >= 4 is 72.4 Å². The summed E-state index contributed by atoms with van der Waals surface area (Å²) in [6.45, 7) is 0. The predicted octanol–water partition coefficient (Wildman–Crippen LogP) is 7.88. The molecule has 0 bridgehead atoms. The lowest BCUT2D eigenvalue weighted by atomic mass is 10.2. The fraction of sp³-hybridized carbons (Fsp3) is 0. The molecule has 0 fully saturated rings. The number of para-hydroxylation sites is 4. The van der Waals surface area contributed by atoms with Crippen molar-refractivity contribution in [1.82, 2.24) is 34.1 Å². The van der Waals surface area contributed by atoms with Gasteiger partial charge in [0, 0.05) is 39.5 Å². The van der Waals surface area contributed by atoms with Gasteiger partial charge in [0.1, 0.15) is 0 Å². The second kappa shape index (κ2) is 12.2. The summed E-state index contributed by atoms with van der Waals surface area (Å²) in [4.78, 5) is 24.4. The van der Waals surface area contributed by atoms with E-state index in [1.54, 1.807) is 24.5 Å². The first-order valence-corrected chi connectivity index (χ1v) is 19.8. The highest BCUT2D eigenvalue weighted by atomic mass is 28.3. The number of rotatable bonds is 5. The van der Waals surface area contributed by atoms with Crippen LogP contribution >= 0.6 is 0 Å². The van der Waals surface area contributed by atoms with E-state index in [0.29, 0.717) is 17.0 Å². The Morgan fingerprint density at radius 1 is 0.439 bits per heavy atom. The molecule has 5 aromatic heterocycles. The molecule has 57 heavy (non-hydrogen) atoms. The molecule has 0 radical (unpaired) electrons. The first-order valence-electron chi connectivity index (χ1n) is 25.8. The molecule has 0 saturated heterocycles. The van der Waals surface area contributed by atoms with Gasteiger partial charge in [-0.15, -0.1) is 0 Å². The number of nitrogens with zero attached hydrogens (tertiary/aromatic N) is 7. The van der Waals surface area contributed by atoms with E-state index in [2.05, 4.69) is 12.1 Å². The van der Waals surface area contributed by atoms with Crippen molar-refractivity contribution in [2.75, 3.05) is 0 Å². The van der Waals surface area contributed by atoms with E-state index in [0.717, 1.165) is 29.9 Å². The van der Waals surface area contributed by atoms with Crippen LogP contribution in [0.1, 0.15) is 21.9 Å². The van der Waals surface area contributed by atoms with Crippen LogP contribution < -0.4 is 20.7 Å². The van der Waals surface area contributed by atoms with Crippen molar-refractivity contribution in [2.24, 2.45) is 0 Å². The van der Waals surface area contributed by atoms with Crippen LogP contribution in [0.2, 0.25) is 0 Å². The normalized spacial score (nSPS) is 17.0. The van der Waals surface area contributed by atoms with Crippen molar-refractivity contribution in [3.05, 3.63) is 188 Å². The summed E-state index contributed by atoms with van der Waals surface area (Å²) in [5.41, 5.74) is 0.434. The molecule has 0 atom stereocenters. The zero-order valence-corrected chi connectivity index (χ0v) is 30.3. The van der Waals surface area contributed by atoms with E-state index < -0.39 is 117 Å². The third-order valence-electron chi connectivity index (χ3n) is 10.5. The Bertz CT molecular complexity index is 3940. The van der Waals surface area contributed by atoms with Crippen molar-refractivity contribution in [3.8, 4) is 34.7 Å². The van der Waals surface area contributed by atoms with Crippen LogP contribution in [0.25, 0.3) is 78.3 Å². The lowest BCUT2D eigenvalue weighted by molar-refractivity contribution is 0.893. The molecule has 11 aromatic rings. The molecule has 8 heteroatoms. The summed E-state index contributed by atoms with van der Waals surface area (Å²) in [6.07, 6.45) is 3.42. The Hall–Kier alpha value is -7.55. The first kappa shape index (κ1) is 19.9. The first-order chi connectivity index (χ1) is 34.9. The molecule has 12 rings (SSSR count). The minimum atomic E-state index is -3.31. The van der Waals surface area contributed by atoms with E-state index in [9.17, 15) is 5.48 Å². The van der Waals surface area contributed by atoms with Crippen molar-refractivity contribution in [1.29, 1.82) is 0 Å². The summed E-state index contributed by atoms with van der Waals surface area (Å²) in [5, 5.41) is 2.64. The zero-order chi connectivity index (χ0) is 51.4. The Balaban J connectivity index is 1.27. The lowest BCUT2D eigenvalue weighted by Crippen LogP contribution is -2.72. The number of hydrogen-bond acceptors (Lipinski definition) is 5. The fourth-order valence-corrected chi connectivity index (χ4v) is 13.3. The highest BCUT2D eigenvalue weighted by molar-refractivity contribution is 7.22. The number of pyridine rings is 2. The minimum Gasteiger partial charge on any atom is -0.278 e. The molecule has 0 N–H and O–H groups in total. The minimum absolute atomic E-state index is 0.150. The standard InChI is InChI=1S/C49H31N7Si/c1-2-16-33(17-3-1)57(43-27-13-29-50-45(43)46-44(57)28-14-30-51-46)34-18-12-15-32(31-34)47-52-48(55-39-23-8-4-19-35(39)36-20-5-9-24-40(36)55)54-49(53-47)56-41-25-10-6-21-37(41)38-22-7-11-26-42(38)56/h1-31H/i4D,5D,6D,7D,8D,9D,10D,11D,19D,20D,21D,22D,23D,24D,25D,26D. The zero-order valence-electron chi connectivity index (χ0n) is 45.3. The summed E-state index contributed by atoms with van der Waals surface area (Å²) >= 11 is 0. The average Bonchev–Trinajstić information content (AvgIpc) is 4.07. The van der Waals surface area contributed by atoms with E-state index >= 15 is 0 Å². The van der Waals surface area contributed by atoms with Gasteiger partial charge in [-0.25, -0.2) is 0 Å². The average molecular weight is 762 g/mol. The predicted molar refractivity (Wildman–Crippen MR) is 232 cm³/mol. The molecule has 7 nitrogen and oxygen atoms in total. The van der Waals surface area contributed by atoms with Crippen LogP contribution in [-0.4, -0.2) is 42.1 Å². The van der Waals surface area contributed by atoms with Gasteiger partial charge in [0.05, 0.1) is 55.4 Å². The highest BCUT2D eigenvalue weighted by Crippen LogP contribution is 2.34. The fourth-order valence-electron chi connectivity index (χ4n) is 8.23. The van der Waals surface area contributed by atoms with Gasteiger partial charge in [-0.3, -0.25) is 19.1 Å². The second-order valence-electron chi connectivity index (χ2n) is 13.3. The Morgan fingerprint density at radius 2 is 0.895 bits per heavy atom. The SMILES string of the molecule is [2H]c1c([2H])c([2H])c2c(c1[2H])c1c([2H])c([2H])c([2H])c([2H])c1n2-c1nc(-c2cccc([Si]3(c4ccccc4)c4cccnc4-c4ncccc43)c2)nc(-n2c3c([2H])c([2H])c([2H])c([2H])c3c3c([2H])c([2H])c([2H])c([2H])c32)n1. The van der Waals surface area contributed by atoms with Crippen LogP contribution in [-0.2, 0) is 0 Å². The molecule has 6 aromatic carbocycles. The number of benzene rings is 6. The molecule has 1 aliphatic heterocycles. The molecule has 0 spiro atoms. The maximum absolute atomic E-state index is 9.28. The molecule has 266 valence electrons. The summed E-state index contributed by atoms with van der Waals surface area (Å²) < 4.78 is 145. The molecule has 0 saturated carbocycles. The number of hydrogen-bond donors (Lipinski definition) is 0. The third-order valence-corrected chi connectivity index (χ3v) is 15.3. The van der Waals surface area contributed by atoms with Crippen LogP contribution in [0.5, 0.6) is 0 Å². The molecule has 0 aliphatic carbocycles. The van der Waals surface area contributed by atoms with Crippen LogP contribution in [0.15, 0.2) is 188 Å². The van der Waals surface area contributed by atoms with Gasteiger partial charge in [0.2, 0.25) is 11.9 Å². The summed E-state index contributed by atoms with van der Waals surface area (Å²) in [7, 11) is -3.31. The second-order valence-corrected chi connectivity index (χ2v) is 17.1. The molecule has 6 heterocycles. The van der Waals surface area contributed by atoms with Crippen molar-refractivity contribution < 1.29 is 21.9 Å². The number of aromatic nitrogens is 7.